The number of halogens is 1. The topological polar surface area (TPSA) is 25.8 Å². The smallest absolute Gasteiger partial charge is 0.133 e. The summed E-state index contributed by atoms with van der Waals surface area (Å²) in [4.78, 5) is 8.06. The number of aryl methyl sites for hydroxylation is 1. The van der Waals surface area contributed by atoms with Crippen LogP contribution >= 0.6 is 11.6 Å². The van der Waals surface area contributed by atoms with Gasteiger partial charge < -0.3 is 0 Å². The first kappa shape index (κ1) is 11.1. The average Bonchev–Trinajstić information content (AvgIpc) is 2.30. The van der Waals surface area contributed by atoms with E-state index in [1.807, 2.05) is 0 Å². The second-order valence-corrected chi connectivity index (χ2v) is 4.06. The second-order valence-electron chi connectivity index (χ2n) is 3.67. The van der Waals surface area contributed by atoms with Crippen molar-refractivity contribution in [2.45, 2.75) is 19.8 Å². The van der Waals surface area contributed by atoms with Gasteiger partial charge in [-0.2, -0.15) is 0 Å². The van der Waals surface area contributed by atoms with Crippen molar-refractivity contribution in [3.05, 3.63) is 47.4 Å². The minimum atomic E-state index is 0.475. The van der Waals surface area contributed by atoms with Crippen LogP contribution in [-0.2, 0) is 6.42 Å². The Hall–Kier alpha value is -1.41. The zero-order valence-electron chi connectivity index (χ0n) is 9.15. The maximum atomic E-state index is 5.82. The molecule has 3 heteroatoms. The van der Waals surface area contributed by atoms with Crippen molar-refractivity contribution >= 4 is 11.6 Å². The first-order valence-corrected chi connectivity index (χ1v) is 5.74. The van der Waals surface area contributed by atoms with Gasteiger partial charge in [-0.3, -0.25) is 0 Å². The molecule has 0 aliphatic heterocycles. The summed E-state index contributed by atoms with van der Waals surface area (Å²) in [6, 6.07) is 10.2. The van der Waals surface area contributed by atoms with Crippen LogP contribution in [0.1, 0.15) is 18.9 Å². The van der Waals surface area contributed by atoms with Crippen LogP contribution in [0.15, 0.2) is 36.7 Å². The van der Waals surface area contributed by atoms with E-state index in [4.69, 9.17) is 11.6 Å². The van der Waals surface area contributed by atoms with Gasteiger partial charge in [-0.05, 0) is 12.0 Å². The molecule has 0 aliphatic rings. The number of aromatic nitrogens is 2. The van der Waals surface area contributed by atoms with Crippen LogP contribution in [0.3, 0.4) is 0 Å². The van der Waals surface area contributed by atoms with E-state index >= 15 is 0 Å². The molecule has 2 rings (SSSR count). The summed E-state index contributed by atoms with van der Waals surface area (Å²) in [7, 11) is 0. The average molecular weight is 233 g/mol. The molecular formula is C13H13ClN2. The zero-order chi connectivity index (χ0) is 11.4. The Morgan fingerprint density at radius 3 is 2.50 bits per heavy atom. The molecule has 16 heavy (non-hydrogen) atoms. The summed E-state index contributed by atoms with van der Waals surface area (Å²) in [6.45, 7) is 2.18. The molecule has 1 aromatic heterocycles. The van der Waals surface area contributed by atoms with Gasteiger partial charge in [0.25, 0.3) is 0 Å². The van der Waals surface area contributed by atoms with E-state index < -0.39 is 0 Å². The lowest BCUT2D eigenvalue weighted by molar-refractivity contribution is 0.922. The van der Waals surface area contributed by atoms with Gasteiger partial charge in [0.2, 0.25) is 0 Å². The highest BCUT2D eigenvalue weighted by atomic mass is 35.5. The molecule has 0 radical (unpaired) electrons. The fourth-order valence-electron chi connectivity index (χ4n) is 1.62. The Morgan fingerprint density at radius 2 is 1.88 bits per heavy atom. The molecule has 2 nitrogen and oxygen atoms in total. The summed E-state index contributed by atoms with van der Waals surface area (Å²) in [5.74, 6) is 0. The second kappa shape index (κ2) is 5.08. The third kappa shape index (κ3) is 2.58. The molecule has 82 valence electrons. The normalized spacial score (nSPS) is 10.4. The Balaban J connectivity index is 2.27. The lowest BCUT2D eigenvalue weighted by Gasteiger charge is -2.02. The number of benzene rings is 1. The molecule has 2 aromatic rings. The van der Waals surface area contributed by atoms with Gasteiger partial charge in [-0.1, -0.05) is 49.2 Å². The summed E-state index contributed by atoms with van der Waals surface area (Å²) in [5.41, 5.74) is 3.29. The van der Waals surface area contributed by atoms with Crippen molar-refractivity contribution in [1.82, 2.24) is 9.97 Å². The first-order valence-electron chi connectivity index (χ1n) is 5.36. The monoisotopic (exact) mass is 232 g/mol. The summed E-state index contributed by atoms with van der Waals surface area (Å²) >= 11 is 5.82. The minimum absolute atomic E-state index is 0.475. The largest absolute Gasteiger partial charge is 0.236 e. The molecule has 0 amide bonds. The van der Waals surface area contributed by atoms with Crippen molar-refractivity contribution in [2.24, 2.45) is 0 Å². The quantitative estimate of drug-likeness (QED) is 0.754. The summed E-state index contributed by atoms with van der Waals surface area (Å²) in [6.07, 6.45) is 3.76. The lowest BCUT2D eigenvalue weighted by atomic mass is 10.1. The van der Waals surface area contributed by atoms with E-state index in [0.717, 1.165) is 17.7 Å². The summed E-state index contributed by atoms with van der Waals surface area (Å²) in [5, 5.41) is 0.475. The Morgan fingerprint density at radius 1 is 1.12 bits per heavy atom. The van der Waals surface area contributed by atoms with Gasteiger partial charge in [0.05, 0.1) is 5.69 Å². The molecule has 0 unspecified atom stereocenters. The third-order valence-electron chi connectivity index (χ3n) is 2.42. The first-order chi connectivity index (χ1) is 7.79. The van der Waals surface area contributed by atoms with Gasteiger partial charge in [-0.25, -0.2) is 9.97 Å². The number of hydrogen-bond donors (Lipinski definition) is 0. The van der Waals surface area contributed by atoms with Gasteiger partial charge in [-0.15, -0.1) is 0 Å². The zero-order valence-corrected chi connectivity index (χ0v) is 9.91. The molecule has 0 bridgehead atoms. The highest BCUT2D eigenvalue weighted by Gasteiger charge is 2.00. The van der Waals surface area contributed by atoms with Crippen molar-refractivity contribution in [3.63, 3.8) is 0 Å². The van der Waals surface area contributed by atoms with Crippen molar-refractivity contribution in [1.29, 1.82) is 0 Å². The summed E-state index contributed by atoms with van der Waals surface area (Å²) < 4.78 is 0. The fraction of sp³-hybridized carbons (Fsp3) is 0.231. The van der Waals surface area contributed by atoms with E-state index in [2.05, 4.69) is 41.2 Å². The SMILES string of the molecule is CCCc1ccc(-c2cc(Cl)ncn2)cc1. The lowest BCUT2D eigenvalue weighted by Crippen LogP contribution is -1.87. The minimum Gasteiger partial charge on any atom is -0.236 e. The Bertz CT molecular complexity index is 466. The van der Waals surface area contributed by atoms with E-state index in [-0.39, 0.29) is 0 Å². The molecule has 0 fully saturated rings. The maximum absolute atomic E-state index is 5.82. The van der Waals surface area contributed by atoms with E-state index in [1.54, 1.807) is 6.07 Å². The van der Waals surface area contributed by atoms with Crippen molar-refractivity contribution in [3.8, 4) is 11.3 Å². The Kier molecular flexibility index (Phi) is 3.52. The van der Waals surface area contributed by atoms with E-state index in [0.29, 0.717) is 5.15 Å². The fourth-order valence-corrected chi connectivity index (χ4v) is 1.77. The van der Waals surface area contributed by atoms with Crippen LogP contribution < -0.4 is 0 Å². The highest BCUT2D eigenvalue weighted by Crippen LogP contribution is 2.19. The number of nitrogens with zero attached hydrogens (tertiary/aromatic N) is 2. The number of rotatable bonds is 3. The van der Waals surface area contributed by atoms with Crippen molar-refractivity contribution < 1.29 is 0 Å². The molecule has 1 aromatic carbocycles. The van der Waals surface area contributed by atoms with Crippen LogP contribution in [0.5, 0.6) is 0 Å². The third-order valence-corrected chi connectivity index (χ3v) is 2.63. The maximum Gasteiger partial charge on any atom is 0.133 e. The molecule has 0 saturated heterocycles. The molecule has 0 atom stereocenters. The predicted molar refractivity (Wildman–Crippen MR) is 66.5 cm³/mol. The van der Waals surface area contributed by atoms with Crippen LogP contribution in [0.2, 0.25) is 5.15 Å². The van der Waals surface area contributed by atoms with Gasteiger partial charge in [0.1, 0.15) is 11.5 Å². The van der Waals surface area contributed by atoms with E-state index in [1.165, 1.54) is 18.3 Å². The van der Waals surface area contributed by atoms with Crippen molar-refractivity contribution in [2.75, 3.05) is 0 Å². The van der Waals surface area contributed by atoms with Crippen LogP contribution in [0, 0.1) is 0 Å². The van der Waals surface area contributed by atoms with Crippen LogP contribution in [0.4, 0.5) is 0 Å². The molecule has 0 N–H and O–H groups in total. The highest BCUT2D eigenvalue weighted by molar-refractivity contribution is 6.29. The van der Waals surface area contributed by atoms with Crippen LogP contribution in [-0.4, -0.2) is 9.97 Å². The predicted octanol–water partition coefficient (Wildman–Crippen LogP) is 3.75. The standard InChI is InChI=1S/C13H13ClN2/c1-2-3-10-4-6-11(7-5-10)12-8-13(14)16-9-15-12/h4-9H,2-3H2,1H3. The van der Waals surface area contributed by atoms with Crippen LogP contribution in [0.25, 0.3) is 11.3 Å². The molecule has 0 aliphatic carbocycles. The Labute approximate surface area is 100 Å². The van der Waals surface area contributed by atoms with Gasteiger partial charge in [0.15, 0.2) is 0 Å². The molecule has 0 spiro atoms. The van der Waals surface area contributed by atoms with E-state index in [9.17, 15) is 0 Å². The van der Waals surface area contributed by atoms with Gasteiger partial charge >= 0.3 is 0 Å². The van der Waals surface area contributed by atoms with Gasteiger partial charge in [0, 0.05) is 11.6 Å². The molecular weight excluding hydrogens is 220 g/mol. The molecule has 0 saturated carbocycles. The molecule has 1 heterocycles. The number of hydrogen-bond acceptors (Lipinski definition) is 2.